The van der Waals surface area contributed by atoms with E-state index in [9.17, 15) is 22.0 Å². The normalized spacial score (nSPS) is 19.1. The maximum Gasteiger partial charge on any atom is 0.333 e. The zero-order chi connectivity index (χ0) is 21.1. The molecule has 2 N–H and O–H groups in total. The van der Waals surface area contributed by atoms with Crippen LogP contribution in [0.5, 0.6) is 0 Å². The number of carbonyl (C=O) groups excluding carboxylic acids is 1. The topological polar surface area (TPSA) is 106 Å². The fourth-order valence-corrected chi connectivity index (χ4v) is 5.83. The summed E-state index contributed by atoms with van der Waals surface area (Å²) in [4.78, 5) is 16.7. The molecule has 8 nitrogen and oxygen atoms in total. The van der Waals surface area contributed by atoms with Gasteiger partial charge in [-0.1, -0.05) is 0 Å². The van der Waals surface area contributed by atoms with E-state index in [1.807, 2.05) is 4.72 Å². The molecule has 2 aromatic heterocycles. The third kappa shape index (κ3) is 3.06. The Kier molecular flexibility index (Phi) is 4.35. The van der Waals surface area contributed by atoms with Crippen LogP contribution in [0.25, 0.3) is 0 Å². The lowest BCUT2D eigenvalue weighted by molar-refractivity contribution is -0.0393. The van der Waals surface area contributed by atoms with Gasteiger partial charge in [0.15, 0.2) is 0 Å². The van der Waals surface area contributed by atoms with E-state index in [0.29, 0.717) is 5.69 Å². The Morgan fingerprint density at radius 1 is 1.07 bits per heavy atom. The first kappa shape index (κ1) is 19.4. The molecule has 0 fully saturated rings. The number of hydrogen-bond acceptors (Lipinski definition) is 5. The van der Waals surface area contributed by atoms with E-state index in [0.717, 1.165) is 71.9 Å². The molecular formula is C19H21F2N5O3S. The van der Waals surface area contributed by atoms with Gasteiger partial charge in [-0.3, -0.25) is 9.67 Å². The van der Waals surface area contributed by atoms with Crippen LogP contribution < -0.4 is 10.0 Å². The number of halogens is 2. The highest BCUT2D eigenvalue weighted by atomic mass is 32.2. The van der Waals surface area contributed by atoms with Crippen molar-refractivity contribution in [1.82, 2.24) is 19.5 Å². The van der Waals surface area contributed by atoms with Gasteiger partial charge in [-0.15, -0.1) is 0 Å². The molecule has 3 aliphatic rings. The molecule has 0 atom stereocenters. The average molecular weight is 437 g/mol. The van der Waals surface area contributed by atoms with Gasteiger partial charge in [-0.05, 0) is 56.1 Å². The Bertz CT molecular complexity index is 1130. The maximum absolute atomic E-state index is 14.3. The van der Waals surface area contributed by atoms with E-state index >= 15 is 0 Å². The van der Waals surface area contributed by atoms with E-state index in [-0.39, 0.29) is 13.0 Å². The zero-order valence-electron chi connectivity index (χ0n) is 16.2. The van der Waals surface area contributed by atoms with Crippen molar-refractivity contribution in [2.75, 3.05) is 5.32 Å². The molecule has 1 aliphatic heterocycles. The highest BCUT2D eigenvalue weighted by Crippen LogP contribution is 2.40. The van der Waals surface area contributed by atoms with Crippen molar-refractivity contribution in [1.29, 1.82) is 0 Å². The minimum absolute atomic E-state index is 0.202. The number of sulfonamides is 1. The number of hydrogen-bond donors (Lipinski definition) is 2. The number of anilines is 1. The van der Waals surface area contributed by atoms with Crippen LogP contribution in [0.15, 0.2) is 11.1 Å². The van der Waals surface area contributed by atoms with Crippen LogP contribution in [0.3, 0.4) is 0 Å². The number of aromatic nitrogens is 3. The fourth-order valence-electron chi connectivity index (χ4n) is 4.73. The van der Waals surface area contributed by atoms with Crippen LogP contribution in [0.4, 0.5) is 19.3 Å². The van der Waals surface area contributed by atoms with Crippen molar-refractivity contribution in [3.05, 3.63) is 34.4 Å². The lowest BCUT2D eigenvalue weighted by Gasteiger charge is -2.24. The van der Waals surface area contributed by atoms with E-state index in [4.69, 9.17) is 4.98 Å². The minimum atomic E-state index is -4.52. The van der Waals surface area contributed by atoms with Crippen LogP contribution in [0.2, 0.25) is 0 Å². The fraction of sp³-hybridized carbons (Fsp3) is 0.526. The quantitative estimate of drug-likeness (QED) is 0.768. The van der Waals surface area contributed by atoms with E-state index in [1.54, 1.807) is 0 Å². The highest BCUT2D eigenvalue weighted by molar-refractivity contribution is 7.90. The van der Waals surface area contributed by atoms with Crippen LogP contribution in [0.1, 0.15) is 53.9 Å². The van der Waals surface area contributed by atoms with Crippen molar-refractivity contribution in [3.63, 3.8) is 0 Å². The molecule has 0 spiro atoms. The zero-order valence-corrected chi connectivity index (χ0v) is 17.0. The molecule has 3 heterocycles. The molecule has 0 saturated heterocycles. The Hall–Kier alpha value is -2.56. The van der Waals surface area contributed by atoms with Gasteiger partial charge in [0.25, 0.3) is 15.9 Å². The summed E-state index contributed by atoms with van der Waals surface area (Å²) in [7, 11) is -4.52. The summed E-state index contributed by atoms with van der Waals surface area (Å²) in [6, 6.07) is -0.969. The van der Waals surface area contributed by atoms with Crippen LogP contribution >= 0.6 is 0 Å². The highest BCUT2D eigenvalue weighted by Gasteiger charge is 2.44. The number of urea groups is 1. The molecule has 0 saturated carbocycles. The third-order valence-corrected chi connectivity index (χ3v) is 7.35. The van der Waals surface area contributed by atoms with Gasteiger partial charge in [0, 0.05) is 24.4 Å². The Labute approximate surface area is 172 Å². The Morgan fingerprint density at radius 2 is 1.73 bits per heavy atom. The summed E-state index contributed by atoms with van der Waals surface area (Å²) < 4.78 is 57.1. The first-order valence-electron chi connectivity index (χ1n) is 10.1. The third-order valence-electron chi connectivity index (χ3n) is 6.02. The summed E-state index contributed by atoms with van der Waals surface area (Å²) in [5.41, 5.74) is 3.73. The van der Waals surface area contributed by atoms with Gasteiger partial charge in [-0.25, -0.2) is 17.9 Å². The van der Waals surface area contributed by atoms with Crippen LogP contribution in [-0.4, -0.2) is 29.2 Å². The molecule has 11 heteroatoms. The summed E-state index contributed by atoms with van der Waals surface area (Å²) in [5, 5.41) is 6.46. The second kappa shape index (κ2) is 6.73. The Balaban J connectivity index is 1.43. The first-order valence-corrected chi connectivity index (χ1v) is 11.6. The largest absolute Gasteiger partial charge is 0.333 e. The lowest BCUT2D eigenvalue weighted by Crippen LogP contribution is -2.37. The molecule has 160 valence electrons. The number of fused-ring (bicyclic) bond motifs is 3. The second-order valence-electron chi connectivity index (χ2n) is 7.99. The predicted octanol–water partition coefficient (Wildman–Crippen LogP) is 2.65. The predicted molar refractivity (Wildman–Crippen MR) is 103 cm³/mol. The average Bonchev–Trinajstić information content (AvgIpc) is 3.39. The molecule has 2 aromatic rings. The summed E-state index contributed by atoms with van der Waals surface area (Å²) in [6.07, 6.45) is 5.67. The molecular weight excluding hydrogens is 416 g/mol. The smallest absolute Gasteiger partial charge is 0.306 e. The molecule has 0 bridgehead atoms. The van der Waals surface area contributed by atoms with Gasteiger partial charge in [0.2, 0.25) is 0 Å². The van der Waals surface area contributed by atoms with Crippen molar-refractivity contribution in [2.24, 2.45) is 0 Å². The molecule has 2 amide bonds. The van der Waals surface area contributed by atoms with E-state index in [1.165, 1.54) is 0 Å². The summed E-state index contributed by atoms with van der Waals surface area (Å²) in [5.74, 6) is -3.32. The summed E-state index contributed by atoms with van der Waals surface area (Å²) >= 11 is 0. The molecule has 2 aliphatic carbocycles. The number of nitrogens with zero attached hydrogens (tertiary/aromatic N) is 3. The number of amides is 2. The number of aryl methyl sites for hydroxylation is 3. The molecule has 0 radical (unpaired) electrons. The molecule has 5 rings (SSSR count). The van der Waals surface area contributed by atoms with E-state index < -0.39 is 39.0 Å². The first-order chi connectivity index (χ1) is 14.3. The number of nitrogens with one attached hydrogen (secondary N) is 2. The van der Waals surface area contributed by atoms with Gasteiger partial charge < -0.3 is 5.32 Å². The second-order valence-corrected chi connectivity index (χ2v) is 9.64. The monoisotopic (exact) mass is 437 g/mol. The van der Waals surface area contributed by atoms with Crippen LogP contribution in [-0.2, 0) is 48.2 Å². The SMILES string of the molecule is O=C(Nc1c2c(nc3c1CCC3)CCC2)NS(=O)(=O)c1cnn2c1C(F)(F)CCC2. The van der Waals surface area contributed by atoms with Crippen molar-refractivity contribution < 1.29 is 22.0 Å². The van der Waals surface area contributed by atoms with Gasteiger partial charge >= 0.3 is 6.03 Å². The van der Waals surface area contributed by atoms with Gasteiger partial charge in [0.05, 0.1) is 11.9 Å². The lowest BCUT2D eigenvalue weighted by atomic mass is 10.1. The number of carbonyl (C=O) groups is 1. The number of alkyl halides is 2. The molecule has 0 aromatic carbocycles. The molecule has 30 heavy (non-hydrogen) atoms. The summed E-state index contributed by atoms with van der Waals surface area (Å²) in [6.45, 7) is 0.210. The number of rotatable bonds is 3. The van der Waals surface area contributed by atoms with E-state index in [2.05, 4.69) is 10.4 Å². The van der Waals surface area contributed by atoms with Crippen molar-refractivity contribution >= 4 is 21.7 Å². The van der Waals surface area contributed by atoms with Gasteiger partial charge in [0.1, 0.15) is 10.6 Å². The van der Waals surface area contributed by atoms with Crippen LogP contribution in [0, 0.1) is 0 Å². The van der Waals surface area contributed by atoms with Gasteiger partial charge in [-0.2, -0.15) is 13.9 Å². The number of pyridine rings is 1. The standard InChI is InChI=1S/C19H21F2N5O3S/c20-19(21)8-3-9-26-17(19)15(10-22-26)30(28,29)25-18(27)24-16-11-4-1-6-13(11)23-14-7-2-5-12(14)16/h10H,1-9H2,(H2,23,24,25,27). The Morgan fingerprint density at radius 3 is 2.40 bits per heavy atom. The van der Waals surface area contributed by atoms with Crippen molar-refractivity contribution in [2.45, 2.75) is 68.7 Å². The minimum Gasteiger partial charge on any atom is -0.306 e. The van der Waals surface area contributed by atoms with Crippen molar-refractivity contribution in [3.8, 4) is 0 Å². The maximum atomic E-state index is 14.3. The molecule has 0 unspecified atom stereocenters.